The maximum atomic E-state index is 12.6. The number of hydrogen-bond donors (Lipinski definition) is 1. The summed E-state index contributed by atoms with van der Waals surface area (Å²) in [7, 11) is -2.01. The van der Waals surface area contributed by atoms with Gasteiger partial charge >= 0.3 is 0 Å². The molecular weight excluding hydrogens is 384 g/mol. The Labute approximate surface area is 172 Å². The highest BCUT2D eigenvalue weighted by molar-refractivity contribution is 7.89. The van der Waals surface area contributed by atoms with E-state index in [0.717, 1.165) is 17.7 Å². The van der Waals surface area contributed by atoms with Gasteiger partial charge in [0, 0.05) is 24.8 Å². The number of carbonyl (C=O) groups is 1. The molecule has 0 aliphatic carbocycles. The molecule has 0 aliphatic heterocycles. The first-order valence-electron chi connectivity index (χ1n) is 9.41. The van der Waals surface area contributed by atoms with Gasteiger partial charge in [-0.3, -0.25) is 4.79 Å². The van der Waals surface area contributed by atoms with Crippen LogP contribution in [0.5, 0.6) is 0 Å². The van der Waals surface area contributed by atoms with Crippen LogP contribution in [0.1, 0.15) is 28.4 Å². The lowest BCUT2D eigenvalue weighted by Crippen LogP contribution is -2.26. The van der Waals surface area contributed by atoms with Crippen LogP contribution in [0.4, 0.5) is 5.69 Å². The molecule has 6 heteroatoms. The fourth-order valence-corrected chi connectivity index (χ4v) is 4.08. The van der Waals surface area contributed by atoms with Crippen LogP contribution in [-0.2, 0) is 23.0 Å². The molecule has 5 nitrogen and oxygen atoms in total. The molecule has 0 aliphatic rings. The second kappa shape index (κ2) is 9.03. The number of nitrogens with one attached hydrogen (secondary N) is 1. The topological polar surface area (TPSA) is 66.5 Å². The summed E-state index contributed by atoms with van der Waals surface area (Å²) < 4.78 is 26.5. The van der Waals surface area contributed by atoms with Gasteiger partial charge in [0.1, 0.15) is 0 Å². The first kappa shape index (κ1) is 20.8. The average Bonchev–Trinajstić information content (AvgIpc) is 2.75. The summed E-state index contributed by atoms with van der Waals surface area (Å²) in [5.74, 6) is -0.203. The van der Waals surface area contributed by atoms with Gasteiger partial charge in [0.15, 0.2) is 0 Å². The zero-order valence-corrected chi connectivity index (χ0v) is 17.3. The Kier molecular flexibility index (Phi) is 6.46. The molecule has 3 aromatic rings. The van der Waals surface area contributed by atoms with E-state index in [1.807, 2.05) is 24.3 Å². The van der Waals surface area contributed by atoms with Gasteiger partial charge in [0.05, 0.1) is 4.90 Å². The zero-order chi connectivity index (χ0) is 20.9. The molecule has 150 valence electrons. The molecule has 0 spiro atoms. The van der Waals surface area contributed by atoms with E-state index in [0.29, 0.717) is 5.56 Å². The van der Waals surface area contributed by atoms with Crippen molar-refractivity contribution >= 4 is 21.6 Å². The molecule has 0 heterocycles. The van der Waals surface area contributed by atoms with E-state index < -0.39 is 10.0 Å². The Morgan fingerprint density at radius 1 is 0.862 bits per heavy atom. The number of benzene rings is 3. The smallest absolute Gasteiger partial charge is 0.255 e. The minimum Gasteiger partial charge on any atom is -0.322 e. The van der Waals surface area contributed by atoms with Crippen LogP contribution in [0.15, 0.2) is 83.8 Å². The molecule has 0 unspecified atom stereocenters. The number of anilines is 1. The van der Waals surface area contributed by atoms with Gasteiger partial charge in [-0.05, 0) is 53.9 Å². The van der Waals surface area contributed by atoms with Gasteiger partial charge < -0.3 is 5.32 Å². The van der Waals surface area contributed by atoms with E-state index in [2.05, 4.69) is 12.2 Å². The van der Waals surface area contributed by atoms with Crippen molar-refractivity contribution in [3.05, 3.63) is 95.6 Å². The Morgan fingerprint density at radius 3 is 2.03 bits per heavy atom. The number of nitrogens with zero attached hydrogens (tertiary/aromatic N) is 1. The normalized spacial score (nSPS) is 11.4. The molecule has 0 atom stereocenters. The van der Waals surface area contributed by atoms with E-state index in [-0.39, 0.29) is 17.3 Å². The van der Waals surface area contributed by atoms with Crippen LogP contribution in [0.25, 0.3) is 0 Å². The summed E-state index contributed by atoms with van der Waals surface area (Å²) >= 11 is 0. The van der Waals surface area contributed by atoms with E-state index in [4.69, 9.17) is 0 Å². The second-order valence-corrected chi connectivity index (χ2v) is 8.82. The molecule has 0 radical (unpaired) electrons. The number of sulfonamides is 1. The predicted molar refractivity (Wildman–Crippen MR) is 115 cm³/mol. The largest absolute Gasteiger partial charge is 0.322 e. The number of aryl methyl sites for hydroxylation is 1. The quantitative estimate of drug-likeness (QED) is 0.633. The third-order valence-electron chi connectivity index (χ3n) is 4.69. The Bertz CT molecular complexity index is 1060. The standard InChI is InChI=1S/C23H24N2O3S/c1-3-18-11-15-21(16-12-18)24-23(26)20-13-9-19(10-14-20)17-25(2)29(27,28)22-7-5-4-6-8-22/h4-16H,3,17H2,1-2H3,(H,24,26). The third kappa shape index (κ3) is 5.10. The van der Waals surface area contributed by atoms with Crippen molar-refractivity contribution in [1.29, 1.82) is 0 Å². The van der Waals surface area contributed by atoms with E-state index in [1.54, 1.807) is 61.6 Å². The van der Waals surface area contributed by atoms with Crippen LogP contribution < -0.4 is 5.32 Å². The molecule has 1 N–H and O–H groups in total. The average molecular weight is 409 g/mol. The second-order valence-electron chi connectivity index (χ2n) is 6.78. The van der Waals surface area contributed by atoms with E-state index in [1.165, 1.54) is 9.87 Å². The first-order chi connectivity index (χ1) is 13.9. The molecule has 0 aromatic heterocycles. The summed E-state index contributed by atoms with van der Waals surface area (Å²) in [6.45, 7) is 2.30. The van der Waals surface area contributed by atoms with Gasteiger partial charge in [0.25, 0.3) is 5.91 Å². The van der Waals surface area contributed by atoms with Crippen LogP contribution in [0.2, 0.25) is 0 Å². The Balaban J connectivity index is 1.65. The minimum atomic E-state index is -3.56. The molecule has 0 bridgehead atoms. The number of carbonyl (C=O) groups excluding carboxylic acids is 1. The molecule has 0 saturated carbocycles. The lowest BCUT2D eigenvalue weighted by atomic mass is 10.1. The number of rotatable bonds is 7. The highest BCUT2D eigenvalue weighted by Crippen LogP contribution is 2.17. The maximum Gasteiger partial charge on any atom is 0.255 e. The zero-order valence-electron chi connectivity index (χ0n) is 16.5. The van der Waals surface area contributed by atoms with Gasteiger partial charge in [-0.1, -0.05) is 49.4 Å². The summed E-state index contributed by atoms with van der Waals surface area (Å²) in [5.41, 5.74) is 3.27. The molecular formula is C23H24N2O3S. The van der Waals surface area contributed by atoms with Gasteiger partial charge in [0.2, 0.25) is 10.0 Å². The summed E-state index contributed by atoms with van der Waals surface area (Å²) in [4.78, 5) is 12.7. The van der Waals surface area contributed by atoms with Gasteiger partial charge in [-0.2, -0.15) is 4.31 Å². The highest BCUT2D eigenvalue weighted by Gasteiger charge is 2.20. The van der Waals surface area contributed by atoms with Crippen molar-refractivity contribution in [3.8, 4) is 0 Å². The monoisotopic (exact) mass is 408 g/mol. The SMILES string of the molecule is CCc1ccc(NC(=O)c2ccc(CN(C)S(=O)(=O)c3ccccc3)cc2)cc1. The minimum absolute atomic E-state index is 0.203. The van der Waals surface area contributed by atoms with Crippen molar-refractivity contribution in [2.45, 2.75) is 24.8 Å². The molecule has 1 amide bonds. The Hall–Kier alpha value is -2.96. The van der Waals surface area contributed by atoms with E-state index in [9.17, 15) is 13.2 Å². The fraction of sp³-hybridized carbons (Fsp3) is 0.174. The first-order valence-corrected chi connectivity index (χ1v) is 10.8. The molecule has 0 fully saturated rings. The number of hydrogen-bond acceptors (Lipinski definition) is 3. The maximum absolute atomic E-state index is 12.6. The molecule has 3 rings (SSSR count). The summed E-state index contributed by atoms with van der Waals surface area (Å²) in [6, 6.07) is 23.0. The van der Waals surface area contributed by atoms with E-state index >= 15 is 0 Å². The Morgan fingerprint density at radius 2 is 1.45 bits per heavy atom. The summed E-state index contributed by atoms with van der Waals surface area (Å²) in [6.07, 6.45) is 0.949. The van der Waals surface area contributed by atoms with Crippen LogP contribution in [0.3, 0.4) is 0 Å². The number of amides is 1. The lowest BCUT2D eigenvalue weighted by molar-refractivity contribution is 0.102. The van der Waals surface area contributed by atoms with Crippen molar-refractivity contribution in [1.82, 2.24) is 4.31 Å². The van der Waals surface area contributed by atoms with Gasteiger partial charge in [-0.15, -0.1) is 0 Å². The van der Waals surface area contributed by atoms with Crippen LogP contribution >= 0.6 is 0 Å². The molecule has 0 saturated heterocycles. The van der Waals surface area contributed by atoms with Crippen LogP contribution in [-0.4, -0.2) is 25.7 Å². The van der Waals surface area contributed by atoms with Crippen molar-refractivity contribution in [2.75, 3.05) is 12.4 Å². The third-order valence-corrected chi connectivity index (χ3v) is 6.51. The molecule has 3 aromatic carbocycles. The van der Waals surface area contributed by atoms with Crippen LogP contribution in [0, 0.1) is 0 Å². The summed E-state index contributed by atoms with van der Waals surface area (Å²) in [5, 5.41) is 2.87. The van der Waals surface area contributed by atoms with Gasteiger partial charge in [-0.25, -0.2) is 8.42 Å². The fourth-order valence-electron chi connectivity index (χ4n) is 2.90. The predicted octanol–water partition coefficient (Wildman–Crippen LogP) is 4.32. The highest BCUT2D eigenvalue weighted by atomic mass is 32.2. The van der Waals surface area contributed by atoms with Crippen molar-refractivity contribution in [2.24, 2.45) is 0 Å². The lowest BCUT2D eigenvalue weighted by Gasteiger charge is -2.17. The van der Waals surface area contributed by atoms with Crippen molar-refractivity contribution in [3.63, 3.8) is 0 Å². The molecule has 29 heavy (non-hydrogen) atoms. The van der Waals surface area contributed by atoms with Crippen molar-refractivity contribution < 1.29 is 13.2 Å².